The van der Waals surface area contributed by atoms with E-state index in [1.54, 1.807) is 31.6 Å². The molecular formula is C24H20F3N3O2. The summed E-state index contributed by atoms with van der Waals surface area (Å²) in [6.45, 7) is 0.986. The van der Waals surface area contributed by atoms with Crippen LogP contribution in [0.15, 0.2) is 73.1 Å². The average Bonchev–Trinajstić information content (AvgIpc) is 2.79. The van der Waals surface area contributed by atoms with E-state index in [-0.39, 0.29) is 5.75 Å². The molecule has 0 atom stereocenters. The normalized spacial score (nSPS) is 11.5. The van der Waals surface area contributed by atoms with Crippen molar-refractivity contribution in [3.8, 4) is 22.8 Å². The largest absolute Gasteiger partial charge is 0.573 e. The summed E-state index contributed by atoms with van der Waals surface area (Å²) in [5.74, 6) is 0.486. The van der Waals surface area contributed by atoms with Crippen LogP contribution in [-0.2, 0) is 13.1 Å². The predicted molar refractivity (Wildman–Crippen MR) is 115 cm³/mol. The molecule has 0 bridgehead atoms. The Kier molecular flexibility index (Phi) is 6.23. The second kappa shape index (κ2) is 9.23. The van der Waals surface area contributed by atoms with Gasteiger partial charge < -0.3 is 14.8 Å². The first kappa shape index (κ1) is 21.6. The van der Waals surface area contributed by atoms with E-state index in [1.807, 2.05) is 30.3 Å². The molecule has 0 aliphatic carbocycles. The molecule has 0 aliphatic heterocycles. The summed E-state index contributed by atoms with van der Waals surface area (Å²) < 4.78 is 46.2. The van der Waals surface area contributed by atoms with Gasteiger partial charge in [0.25, 0.3) is 0 Å². The molecule has 164 valence electrons. The molecule has 1 N–H and O–H groups in total. The topological polar surface area (TPSA) is 56.3 Å². The van der Waals surface area contributed by atoms with Crippen LogP contribution in [0.25, 0.3) is 22.2 Å². The van der Waals surface area contributed by atoms with Crippen molar-refractivity contribution >= 4 is 10.9 Å². The van der Waals surface area contributed by atoms with Gasteiger partial charge in [-0.05, 0) is 53.6 Å². The molecule has 8 heteroatoms. The maximum Gasteiger partial charge on any atom is 0.573 e. The maximum absolute atomic E-state index is 12.3. The molecule has 2 aromatic heterocycles. The predicted octanol–water partition coefficient (Wildman–Crippen LogP) is 5.49. The highest BCUT2D eigenvalue weighted by atomic mass is 19.4. The first-order chi connectivity index (χ1) is 15.4. The number of methoxy groups -OCH3 is 1. The molecule has 0 unspecified atom stereocenters. The molecule has 32 heavy (non-hydrogen) atoms. The zero-order chi connectivity index (χ0) is 22.6. The molecule has 5 nitrogen and oxygen atoms in total. The minimum Gasteiger partial charge on any atom is -0.497 e. The minimum atomic E-state index is -4.70. The molecule has 2 heterocycles. The number of nitrogens with one attached hydrogen (secondary N) is 1. The lowest BCUT2D eigenvalue weighted by Gasteiger charge is -2.13. The lowest BCUT2D eigenvalue weighted by molar-refractivity contribution is -0.274. The van der Waals surface area contributed by atoms with Crippen LogP contribution in [0, 0.1) is 0 Å². The van der Waals surface area contributed by atoms with Crippen molar-refractivity contribution < 1.29 is 22.6 Å². The van der Waals surface area contributed by atoms with Crippen LogP contribution in [-0.4, -0.2) is 23.4 Å². The second-order valence-electron chi connectivity index (χ2n) is 7.09. The number of rotatable bonds is 7. The molecule has 0 aliphatic rings. The van der Waals surface area contributed by atoms with Crippen molar-refractivity contribution in [3.05, 3.63) is 84.2 Å². The Morgan fingerprint density at radius 2 is 1.72 bits per heavy atom. The molecule has 0 saturated carbocycles. The van der Waals surface area contributed by atoms with Crippen LogP contribution >= 0.6 is 0 Å². The second-order valence-corrected chi connectivity index (χ2v) is 7.09. The van der Waals surface area contributed by atoms with Crippen molar-refractivity contribution in [1.29, 1.82) is 0 Å². The van der Waals surface area contributed by atoms with Crippen LogP contribution in [0.2, 0.25) is 0 Å². The Balaban J connectivity index is 1.54. The summed E-state index contributed by atoms with van der Waals surface area (Å²) in [6.07, 6.45) is -1.23. The van der Waals surface area contributed by atoms with Crippen LogP contribution in [0.5, 0.6) is 11.5 Å². The van der Waals surface area contributed by atoms with Crippen molar-refractivity contribution in [3.63, 3.8) is 0 Å². The van der Waals surface area contributed by atoms with Crippen molar-refractivity contribution in [2.75, 3.05) is 7.11 Å². The standard InChI is InChI=1S/C24H20F3N3O2/c1-31-21-9-6-17-11-19(23(30-22(17)12-21)18-3-2-10-28-14-18)15-29-13-16-4-7-20(8-5-16)32-24(25,26)27/h2-12,14,29H,13,15H2,1H3. The zero-order valence-electron chi connectivity index (χ0n) is 17.2. The molecule has 0 amide bonds. The van der Waals surface area contributed by atoms with E-state index in [0.29, 0.717) is 13.1 Å². The zero-order valence-corrected chi connectivity index (χ0v) is 17.2. The number of pyridine rings is 2. The van der Waals surface area contributed by atoms with E-state index in [1.165, 1.54) is 12.1 Å². The molecule has 4 aromatic rings. The maximum atomic E-state index is 12.3. The van der Waals surface area contributed by atoms with Gasteiger partial charge in [0.15, 0.2) is 0 Å². The summed E-state index contributed by atoms with van der Waals surface area (Å²) in [5.41, 5.74) is 4.32. The van der Waals surface area contributed by atoms with Gasteiger partial charge in [-0.3, -0.25) is 4.98 Å². The lowest BCUT2D eigenvalue weighted by Crippen LogP contribution is -2.17. The highest BCUT2D eigenvalue weighted by Crippen LogP contribution is 2.28. The highest BCUT2D eigenvalue weighted by molar-refractivity contribution is 5.84. The van der Waals surface area contributed by atoms with Gasteiger partial charge in [0.05, 0.1) is 18.3 Å². The Morgan fingerprint density at radius 1 is 0.938 bits per heavy atom. The fourth-order valence-electron chi connectivity index (χ4n) is 3.36. The first-order valence-corrected chi connectivity index (χ1v) is 9.85. The molecule has 2 aromatic carbocycles. The van der Waals surface area contributed by atoms with Gasteiger partial charge in [0, 0.05) is 42.5 Å². The number of aromatic nitrogens is 2. The summed E-state index contributed by atoms with van der Waals surface area (Å²) >= 11 is 0. The number of ether oxygens (including phenoxy) is 2. The summed E-state index contributed by atoms with van der Waals surface area (Å²) in [7, 11) is 1.61. The molecule has 0 fully saturated rings. The first-order valence-electron chi connectivity index (χ1n) is 9.85. The quantitative estimate of drug-likeness (QED) is 0.413. The van der Waals surface area contributed by atoms with E-state index in [4.69, 9.17) is 9.72 Å². The van der Waals surface area contributed by atoms with Crippen LogP contribution in [0.1, 0.15) is 11.1 Å². The van der Waals surface area contributed by atoms with E-state index in [2.05, 4.69) is 21.1 Å². The lowest BCUT2D eigenvalue weighted by atomic mass is 10.0. The van der Waals surface area contributed by atoms with Crippen LogP contribution < -0.4 is 14.8 Å². The summed E-state index contributed by atoms with van der Waals surface area (Å²) in [5, 5.41) is 4.31. The average molecular weight is 439 g/mol. The van der Waals surface area contributed by atoms with E-state index in [9.17, 15) is 13.2 Å². The Hall–Kier alpha value is -3.65. The van der Waals surface area contributed by atoms with Gasteiger partial charge in [-0.15, -0.1) is 13.2 Å². The third-order valence-corrected chi connectivity index (χ3v) is 4.84. The van der Waals surface area contributed by atoms with E-state index in [0.717, 1.165) is 39.0 Å². The van der Waals surface area contributed by atoms with Gasteiger partial charge in [-0.2, -0.15) is 0 Å². The Bertz CT molecular complexity index is 1200. The van der Waals surface area contributed by atoms with E-state index < -0.39 is 6.36 Å². The van der Waals surface area contributed by atoms with Gasteiger partial charge >= 0.3 is 6.36 Å². The Labute approximate surface area is 182 Å². The minimum absolute atomic E-state index is 0.241. The van der Waals surface area contributed by atoms with Crippen LogP contribution in [0.3, 0.4) is 0 Å². The number of fused-ring (bicyclic) bond motifs is 1. The van der Waals surface area contributed by atoms with Gasteiger partial charge in [-0.25, -0.2) is 4.98 Å². The third-order valence-electron chi connectivity index (χ3n) is 4.84. The summed E-state index contributed by atoms with van der Waals surface area (Å²) in [6, 6.07) is 17.4. The molecular weight excluding hydrogens is 419 g/mol. The van der Waals surface area contributed by atoms with Crippen molar-refractivity contribution in [1.82, 2.24) is 15.3 Å². The van der Waals surface area contributed by atoms with Crippen molar-refractivity contribution in [2.24, 2.45) is 0 Å². The fraction of sp³-hybridized carbons (Fsp3) is 0.167. The van der Waals surface area contributed by atoms with Crippen molar-refractivity contribution in [2.45, 2.75) is 19.5 Å². The number of hydrogen-bond acceptors (Lipinski definition) is 5. The SMILES string of the molecule is COc1ccc2cc(CNCc3ccc(OC(F)(F)F)cc3)c(-c3cccnc3)nc2c1. The Morgan fingerprint density at radius 3 is 2.41 bits per heavy atom. The third kappa shape index (κ3) is 5.33. The fourth-order valence-corrected chi connectivity index (χ4v) is 3.36. The highest BCUT2D eigenvalue weighted by Gasteiger charge is 2.30. The summed E-state index contributed by atoms with van der Waals surface area (Å²) in [4.78, 5) is 9.04. The molecule has 0 spiro atoms. The number of halogens is 3. The monoisotopic (exact) mass is 439 g/mol. The van der Waals surface area contributed by atoms with Gasteiger partial charge in [0.2, 0.25) is 0 Å². The van der Waals surface area contributed by atoms with Crippen LogP contribution in [0.4, 0.5) is 13.2 Å². The van der Waals surface area contributed by atoms with Gasteiger partial charge in [0.1, 0.15) is 11.5 Å². The molecule has 4 rings (SSSR count). The number of alkyl halides is 3. The van der Waals surface area contributed by atoms with Gasteiger partial charge in [-0.1, -0.05) is 12.1 Å². The molecule has 0 radical (unpaired) electrons. The van der Waals surface area contributed by atoms with E-state index >= 15 is 0 Å². The number of benzene rings is 2. The smallest absolute Gasteiger partial charge is 0.497 e. The number of hydrogen-bond donors (Lipinski definition) is 1. The number of nitrogens with zero attached hydrogens (tertiary/aromatic N) is 2. The molecule has 0 saturated heterocycles.